The second kappa shape index (κ2) is 2.91. The number of nitrogens with one attached hydrogen (secondary N) is 1. The van der Waals surface area contributed by atoms with Crippen LogP contribution in [0.4, 0.5) is 11.4 Å². The van der Waals surface area contributed by atoms with Crippen molar-refractivity contribution in [2.75, 3.05) is 11.1 Å². The Balaban J connectivity index is 2.01. The van der Waals surface area contributed by atoms with Crippen molar-refractivity contribution >= 4 is 11.4 Å². The zero-order valence-corrected chi connectivity index (χ0v) is 8.29. The molecule has 2 heteroatoms. The molecule has 74 valence electrons. The molecule has 1 aliphatic carbocycles. The van der Waals surface area contributed by atoms with Crippen LogP contribution in [-0.4, -0.2) is 6.04 Å². The molecule has 3 rings (SSSR count). The monoisotopic (exact) mass is 188 g/mol. The van der Waals surface area contributed by atoms with Gasteiger partial charge >= 0.3 is 0 Å². The standard InChI is InChI=1S/C12H16N2/c13-8-5-6-10-9-3-1-2-4-11(9)14-12(10)7-8/h5-7,9,11,14H,1-4,13H2/t9-,11+/m0/s1. The highest BCUT2D eigenvalue weighted by molar-refractivity contribution is 5.65. The van der Waals surface area contributed by atoms with Gasteiger partial charge in [-0.05, 0) is 30.5 Å². The van der Waals surface area contributed by atoms with E-state index in [1.54, 1.807) is 0 Å². The molecule has 1 aromatic carbocycles. The van der Waals surface area contributed by atoms with Crippen molar-refractivity contribution < 1.29 is 0 Å². The van der Waals surface area contributed by atoms with Gasteiger partial charge in [-0.2, -0.15) is 0 Å². The van der Waals surface area contributed by atoms with Gasteiger partial charge in [0.2, 0.25) is 0 Å². The van der Waals surface area contributed by atoms with Crippen molar-refractivity contribution in [2.24, 2.45) is 0 Å². The van der Waals surface area contributed by atoms with Crippen LogP contribution in [0.2, 0.25) is 0 Å². The first kappa shape index (κ1) is 8.16. The molecule has 0 bridgehead atoms. The quantitative estimate of drug-likeness (QED) is 0.614. The van der Waals surface area contributed by atoms with E-state index in [-0.39, 0.29) is 0 Å². The Labute approximate surface area is 84.5 Å². The van der Waals surface area contributed by atoms with Gasteiger partial charge < -0.3 is 11.1 Å². The molecule has 3 N–H and O–H groups in total. The van der Waals surface area contributed by atoms with E-state index in [1.807, 2.05) is 6.07 Å². The van der Waals surface area contributed by atoms with Crippen LogP contribution in [0.1, 0.15) is 37.2 Å². The van der Waals surface area contributed by atoms with Gasteiger partial charge in [0, 0.05) is 23.3 Å². The molecule has 0 aromatic heterocycles. The van der Waals surface area contributed by atoms with Crippen LogP contribution in [0.25, 0.3) is 0 Å². The molecule has 1 aromatic rings. The lowest BCUT2D eigenvalue weighted by molar-refractivity contribution is 0.422. The Hall–Kier alpha value is -1.18. The van der Waals surface area contributed by atoms with Crippen LogP contribution in [-0.2, 0) is 0 Å². The van der Waals surface area contributed by atoms with E-state index in [9.17, 15) is 0 Å². The number of rotatable bonds is 0. The molecular weight excluding hydrogens is 172 g/mol. The Morgan fingerprint density at radius 3 is 3.00 bits per heavy atom. The first-order valence-corrected chi connectivity index (χ1v) is 5.50. The van der Waals surface area contributed by atoms with E-state index >= 15 is 0 Å². The minimum absolute atomic E-state index is 0.681. The van der Waals surface area contributed by atoms with Gasteiger partial charge in [-0.3, -0.25) is 0 Å². The van der Waals surface area contributed by atoms with Crippen LogP contribution >= 0.6 is 0 Å². The van der Waals surface area contributed by atoms with Gasteiger partial charge in [-0.1, -0.05) is 18.9 Å². The lowest BCUT2D eigenvalue weighted by Crippen LogP contribution is -2.23. The van der Waals surface area contributed by atoms with Gasteiger partial charge in [0.05, 0.1) is 0 Å². The summed E-state index contributed by atoms with van der Waals surface area (Å²) < 4.78 is 0. The molecule has 0 radical (unpaired) electrons. The van der Waals surface area contributed by atoms with E-state index in [1.165, 1.54) is 36.9 Å². The van der Waals surface area contributed by atoms with Crippen molar-refractivity contribution in [3.8, 4) is 0 Å². The fraction of sp³-hybridized carbons (Fsp3) is 0.500. The molecule has 1 saturated carbocycles. The molecule has 0 unspecified atom stereocenters. The summed E-state index contributed by atoms with van der Waals surface area (Å²) in [6.45, 7) is 0. The number of hydrogen-bond donors (Lipinski definition) is 2. The number of fused-ring (bicyclic) bond motifs is 3. The topological polar surface area (TPSA) is 38.0 Å². The van der Waals surface area contributed by atoms with Crippen LogP contribution in [0.5, 0.6) is 0 Å². The van der Waals surface area contributed by atoms with Crippen LogP contribution < -0.4 is 11.1 Å². The van der Waals surface area contributed by atoms with E-state index in [0.717, 1.165) is 11.6 Å². The molecule has 2 atom stereocenters. The highest BCUT2D eigenvalue weighted by Crippen LogP contribution is 2.44. The molecule has 1 heterocycles. The van der Waals surface area contributed by atoms with Crippen molar-refractivity contribution in [1.82, 2.24) is 0 Å². The first-order chi connectivity index (χ1) is 6.84. The highest BCUT2D eigenvalue weighted by Gasteiger charge is 2.33. The predicted octanol–water partition coefficient (Wildman–Crippen LogP) is 2.72. The molecule has 2 aliphatic rings. The second-order valence-electron chi connectivity index (χ2n) is 4.49. The Bertz CT molecular complexity index is 359. The second-order valence-corrected chi connectivity index (χ2v) is 4.49. The first-order valence-electron chi connectivity index (χ1n) is 5.50. The van der Waals surface area contributed by atoms with Gasteiger partial charge in [0.15, 0.2) is 0 Å². The van der Waals surface area contributed by atoms with E-state index in [2.05, 4.69) is 17.4 Å². The Morgan fingerprint density at radius 2 is 2.07 bits per heavy atom. The number of benzene rings is 1. The summed E-state index contributed by atoms with van der Waals surface area (Å²) in [5.74, 6) is 0.749. The highest BCUT2D eigenvalue weighted by atomic mass is 15.0. The summed E-state index contributed by atoms with van der Waals surface area (Å²) in [5, 5.41) is 3.60. The molecule has 1 aliphatic heterocycles. The number of nitrogen functional groups attached to an aromatic ring is 1. The zero-order valence-electron chi connectivity index (χ0n) is 8.29. The van der Waals surface area contributed by atoms with E-state index < -0.39 is 0 Å². The summed E-state index contributed by atoms with van der Waals surface area (Å²) in [6, 6.07) is 6.99. The van der Waals surface area contributed by atoms with Crippen molar-refractivity contribution in [2.45, 2.75) is 37.6 Å². The average Bonchev–Trinajstić information content (AvgIpc) is 2.54. The minimum atomic E-state index is 0.681. The average molecular weight is 188 g/mol. The SMILES string of the molecule is Nc1ccc2c(c1)N[C@@H]1CCCC[C@@H]21. The maximum absolute atomic E-state index is 5.78. The van der Waals surface area contributed by atoms with Crippen molar-refractivity contribution in [3.63, 3.8) is 0 Å². The zero-order chi connectivity index (χ0) is 9.54. The van der Waals surface area contributed by atoms with Crippen LogP contribution in [0, 0.1) is 0 Å². The fourth-order valence-electron chi connectivity index (χ4n) is 2.90. The van der Waals surface area contributed by atoms with Crippen LogP contribution in [0.15, 0.2) is 18.2 Å². The molecule has 1 fully saturated rings. The van der Waals surface area contributed by atoms with Crippen molar-refractivity contribution in [3.05, 3.63) is 23.8 Å². The summed E-state index contributed by atoms with van der Waals surface area (Å²) in [5.41, 5.74) is 9.42. The largest absolute Gasteiger partial charge is 0.399 e. The van der Waals surface area contributed by atoms with Crippen molar-refractivity contribution in [1.29, 1.82) is 0 Å². The predicted molar refractivity (Wildman–Crippen MR) is 59.5 cm³/mol. The summed E-state index contributed by atoms with van der Waals surface area (Å²) in [7, 11) is 0. The molecule has 0 saturated heterocycles. The van der Waals surface area contributed by atoms with Gasteiger partial charge in [0.1, 0.15) is 0 Å². The Morgan fingerprint density at radius 1 is 1.21 bits per heavy atom. The fourth-order valence-corrected chi connectivity index (χ4v) is 2.90. The molecular formula is C12H16N2. The molecule has 0 spiro atoms. The third-order valence-electron chi connectivity index (χ3n) is 3.58. The molecule has 14 heavy (non-hydrogen) atoms. The Kier molecular flexibility index (Phi) is 1.69. The normalized spacial score (nSPS) is 29.1. The van der Waals surface area contributed by atoms with E-state index in [4.69, 9.17) is 5.73 Å². The number of nitrogens with two attached hydrogens (primary N) is 1. The lowest BCUT2D eigenvalue weighted by Gasteiger charge is -2.25. The lowest BCUT2D eigenvalue weighted by atomic mass is 9.83. The molecule has 2 nitrogen and oxygen atoms in total. The third-order valence-corrected chi connectivity index (χ3v) is 3.58. The summed E-state index contributed by atoms with van der Waals surface area (Å²) in [6.07, 6.45) is 5.41. The third kappa shape index (κ3) is 1.10. The van der Waals surface area contributed by atoms with Crippen LogP contribution in [0.3, 0.4) is 0 Å². The smallest absolute Gasteiger partial charge is 0.0399 e. The summed E-state index contributed by atoms with van der Waals surface area (Å²) in [4.78, 5) is 0. The van der Waals surface area contributed by atoms with Gasteiger partial charge in [-0.25, -0.2) is 0 Å². The number of hydrogen-bond acceptors (Lipinski definition) is 2. The van der Waals surface area contributed by atoms with E-state index in [0.29, 0.717) is 6.04 Å². The number of anilines is 2. The van der Waals surface area contributed by atoms with Gasteiger partial charge in [-0.15, -0.1) is 0 Å². The minimum Gasteiger partial charge on any atom is -0.399 e. The summed E-state index contributed by atoms with van der Waals surface area (Å²) >= 11 is 0. The maximum Gasteiger partial charge on any atom is 0.0399 e. The van der Waals surface area contributed by atoms with Gasteiger partial charge in [0.25, 0.3) is 0 Å². The maximum atomic E-state index is 5.78. The molecule has 0 amide bonds.